The van der Waals surface area contributed by atoms with Gasteiger partial charge in [0.1, 0.15) is 12.1 Å². The van der Waals surface area contributed by atoms with Gasteiger partial charge in [-0.2, -0.15) is 0 Å². The molecule has 0 N–H and O–H groups in total. The molecule has 2 unspecified atom stereocenters. The van der Waals surface area contributed by atoms with Crippen LogP contribution in [0.4, 0.5) is 9.18 Å². The lowest BCUT2D eigenvalue weighted by Crippen LogP contribution is -2.46. The van der Waals surface area contributed by atoms with Gasteiger partial charge in [0.05, 0.1) is 5.69 Å². The first kappa shape index (κ1) is 20.4. The highest BCUT2D eigenvalue weighted by atomic mass is 35.5. The number of pyridine rings is 1. The molecule has 0 radical (unpaired) electrons. The minimum absolute atomic E-state index is 0.0149. The quantitative estimate of drug-likeness (QED) is 0.380. The maximum Gasteiger partial charge on any atom is 0.410 e. The van der Waals surface area contributed by atoms with Crippen molar-refractivity contribution >= 4 is 40.2 Å². The number of carbonyl (C=O) groups excluding carboxylic acids is 1. The zero-order chi connectivity index (χ0) is 21.5. The van der Waals surface area contributed by atoms with E-state index in [-0.39, 0.29) is 46.7 Å². The first-order valence-corrected chi connectivity index (χ1v) is 10.9. The second-order valence-corrected chi connectivity index (χ2v) is 8.70. The van der Waals surface area contributed by atoms with Crippen LogP contribution in [-0.2, 0) is 11.3 Å². The van der Waals surface area contributed by atoms with Crippen molar-refractivity contribution in [3.05, 3.63) is 64.0 Å². The van der Waals surface area contributed by atoms with Crippen LogP contribution in [-0.4, -0.2) is 38.0 Å². The molecule has 5 rings (SSSR count). The van der Waals surface area contributed by atoms with Gasteiger partial charge in [-0.25, -0.2) is 24.1 Å². The Morgan fingerprint density at radius 3 is 2.55 bits per heavy atom. The van der Waals surface area contributed by atoms with Gasteiger partial charge in [-0.1, -0.05) is 41.9 Å². The van der Waals surface area contributed by atoms with E-state index in [1.54, 1.807) is 0 Å². The lowest BCUT2D eigenvalue weighted by atomic mass is 9.87. The number of hydrogen-bond donors (Lipinski definition) is 0. The van der Waals surface area contributed by atoms with E-state index in [0.717, 1.165) is 18.4 Å². The van der Waals surface area contributed by atoms with Crippen LogP contribution in [0.5, 0.6) is 0 Å². The summed E-state index contributed by atoms with van der Waals surface area (Å²) in [7, 11) is 0. The van der Waals surface area contributed by atoms with E-state index >= 15 is 0 Å². The number of carbonyl (C=O) groups is 1. The molecule has 2 fully saturated rings. The van der Waals surface area contributed by atoms with E-state index in [1.807, 2.05) is 35.2 Å². The van der Waals surface area contributed by atoms with Crippen LogP contribution in [0.3, 0.4) is 0 Å². The summed E-state index contributed by atoms with van der Waals surface area (Å²) in [5, 5.41) is 0.237. The molecule has 3 aromatic rings. The van der Waals surface area contributed by atoms with E-state index in [2.05, 4.69) is 15.0 Å². The van der Waals surface area contributed by atoms with E-state index < -0.39 is 5.82 Å². The molecule has 2 aliphatic rings. The predicted octanol–water partition coefficient (Wildman–Crippen LogP) is 5.52. The van der Waals surface area contributed by atoms with Crippen LogP contribution in [0.2, 0.25) is 10.4 Å². The number of halogens is 3. The Labute approximate surface area is 188 Å². The monoisotopic (exact) mass is 460 g/mol. The Hall–Kier alpha value is -2.51. The Morgan fingerprint density at radius 1 is 1.13 bits per heavy atom. The summed E-state index contributed by atoms with van der Waals surface area (Å²) in [6.07, 6.45) is 4.40. The highest BCUT2D eigenvalue weighted by Crippen LogP contribution is 2.44. The molecule has 1 amide bonds. The van der Waals surface area contributed by atoms with Gasteiger partial charge in [0.2, 0.25) is 5.28 Å². The largest absolute Gasteiger partial charge is 0.445 e. The average molecular weight is 461 g/mol. The SMILES string of the molecule is O=C(OCc1ccccc1)N1C2CCC1CC(c1nc(Cl)nc3c(F)c(Cl)ncc13)C2. The summed E-state index contributed by atoms with van der Waals surface area (Å²) < 4.78 is 20.0. The number of amides is 1. The molecule has 160 valence electrons. The Bertz CT molecular complexity index is 1130. The summed E-state index contributed by atoms with van der Waals surface area (Å²) in [6, 6.07) is 9.70. The molecule has 1 aromatic carbocycles. The fraction of sp³-hybridized carbons (Fsp3) is 0.364. The van der Waals surface area contributed by atoms with Crippen LogP contribution < -0.4 is 0 Å². The fourth-order valence-corrected chi connectivity index (χ4v) is 5.15. The molecule has 0 saturated carbocycles. The molecule has 31 heavy (non-hydrogen) atoms. The zero-order valence-corrected chi connectivity index (χ0v) is 18.0. The number of hydrogen-bond acceptors (Lipinski definition) is 5. The summed E-state index contributed by atoms with van der Waals surface area (Å²) in [4.78, 5) is 27.0. The van der Waals surface area contributed by atoms with E-state index in [4.69, 9.17) is 27.9 Å². The number of piperidine rings is 1. The summed E-state index contributed by atoms with van der Waals surface area (Å²) in [5.74, 6) is -0.685. The van der Waals surface area contributed by atoms with E-state index in [0.29, 0.717) is 23.9 Å². The van der Waals surface area contributed by atoms with Crippen molar-refractivity contribution in [2.45, 2.75) is 50.3 Å². The molecular weight excluding hydrogens is 442 g/mol. The molecule has 0 aliphatic carbocycles. The van der Waals surface area contributed by atoms with Crippen LogP contribution in [0.25, 0.3) is 10.9 Å². The molecule has 4 heterocycles. The molecule has 2 atom stereocenters. The first-order valence-electron chi connectivity index (χ1n) is 10.2. The van der Waals surface area contributed by atoms with E-state index in [1.165, 1.54) is 6.20 Å². The summed E-state index contributed by atoms with van der Waals surface area (Å²) >= 11 is 11.9. The predicted molar refractivity (Wildman–Crippen MR) is 115 cm³/mol. The van der Waals surface area contributed by atoms with Gasteiger partial charge in [0, 0.05) is 29.6 Å². The van der Waals surface area contributed by atoms with Gasteiger partial charge in [0.25, 0.3) is 0 Å². The molecule has 2 bridgehead atoms. The van der Waals surface area contributed by atoms with Crippen LogP contribution in [0.1, 0.15) is 42.9 Å². The number of rotatable bonds is 3. The maximum atomic E-state index is 14.5. The molecular formula is C22H19Cl2FN4O2. The Morgan fingerprint density at radius 2 is 1.84 bits per heavy atom. The van der Waals surface area contributed by atoms with Crippen molar-refractivity contribution in [1.82, 2.24) is 19.9 Å². The highest BCUT2D eigenvalue weighted by molar-refractivity contribution is 6.30. The van der Waals surface area contributed by atoms with Gasteiger partial charge in [0.15, 0.2) is 11.0 Å². The third-order valence-corrected chi connectivity index (χ3v) is 6.61. The lowest BCUT2D eigenvalue weighted by molar-refractivity contribution is 0.0606. The molecule has 9 heteroatoms. The molecule has 2 aliphatic heterocycles. The van der Waals surface area contributed by atoms with Crippen molar-refractivity contribution in [3.8, 4) is 0 Å². The number of nitrogens with zero attached hydrogens (tertiary/aromatic N) is 4. The van der Waals surface area contributed by atoms with Crippen LogP contribution >= 0.6 is 23.2 Å². The minimum atomic E-state index is -0.699. The van der Waals surface area contributed by atoms with E-state index in [9.17, 15) is 9.18 Å². The third-order valence-electron chi connectivity index (χ3n) is 6.18. The van der Waals surface area contributed by atoms with Crippen molar-refractivity contribution in [3.63, 3.8) is 0 Å². The van der Waals surface area contributed by atoms with Crippen molar-refractivity contribution in [2.24, 2.45) is 0 Å². The third kappa shape index (κ3) is 3.81. The number of aromatic nitrogens is 3. The topological polar surface area (TPSA) is 68.2 Å². The lowest BCUT2D eigenvalue weighted by Gasteiger charge is -2.38. The second-order valence-electron chi connectivity index (χ2n) is 8.00. The number of fused-ring (bicyclic) bond motifs is 3. The number of ether oxygens (including phenoxy) is 1. The van der Waals surface area contributed by atoms with Crippen molar-refractivity contribution < 1.29 is 13.9 Å². The summed E-state index contributed by atoms with van der Waals surface area (Å²) in [5.41, 5.74) is 1.69. The first-order chi connectivity index (χ1) is 15.0. The highest BCUT2D eigenvalue weighted by Gasteiger charge is 2.45. The fourth-order valence-electron chi connectivity index (χ4n) is 4.83. The molecule has 2 aromatic heterocycles. The van der Waals surface area contributed by atoms with Gasteiger partial charge in [-0.05, 0) is 42.8 Å². The standard InChI is InChI=1S/C22H19Cl2FN4O2/c23-20-17(25)19-16(10-26-20)18(27-21(24)28-19)13-8-14-6-7-15(9-13)29(14)22(30)31-11-12-4-2-1-3-5-12/h1-5,10,13-15H,6-9,11H2. The second kappa shape index (κ2) is 8.20. The number of benzene rings is 1. The van der Waals surface area contributed by atoms with Gasteiger partial charge in [-0.15, -0.1) is 0 Å². The molecule has 2 saturated heterocycles. The van der Waals surface area contributed by atoms with Crippen LogP contribution in [0, 0.1) is 5.82 Å². The van der Waals surface area contributed by atoms with Crippen molar-refractivity contribution in [2.75, 3.05) is 0 Å². The minimum Gasteiger partial charge on any atom is -0.445 e. The zero-order valence-electron chi connectivity index (χ0n) is 16.5. The average Bonchev–Trinajstić information content (AvgIpc) is 3.04. The van der Waals surface area contributed by atoms with Gasteiger partial charge in [-0.3, -0.25) is 0 Å². The van der Waals surface area contributed by atoms with Crippen molar-refractivity contribution in [1.29, 1.82) is 0 Å². The van der Waals surface area contributed by atoms with Crippen LogP contribution in [0.15, 0.2) is 36.5 Å². The smallest absolute Gasteiger partial charge is 0.410 e. The van der Waals surface area contributed by atoms with Gasteiger partial charge < -0.3 is 9.64 Å². The maximum absolute atomic E-state index is 14.5. The molecule has 0 spiro atoms. The Balaban J connectivity index is 1.37. The Kier molecular flexibility index (Phi) is 5.40. The van der Waals surface area contributed by atoms with Gasteiger partial charge >= 0.3 is 6.09 Å². The summed E-state index contributed by atoms with van der Waals surface area (Å²) in [6.45, 7) is 0.247. The molecule has 6 nitrogen and oxygen atoms in total. The normalized spacial score (nSPS) is 22.7.